The number of aromatic hydroxyl groups is 1. The van der Waals surface area contributed by atoms with Gasteiger partial charge in [0, 0.05) is 48.8 Å². The van der Waals surface area contributed by atoms with Gasteiger partial charge >= 0.3 is 5.97 Å². The van der Waals surface area contributed by atoms with Crippen LogP contribution in [0, 0.1) is 5.92 Å². The first-order valence-corrected chi connectivity index (χ1v) is 21.3. The number of likely N-dealkylation sites (tertiary alicyclic amines) is 1. The molecule has 1 saturated heterocycles. The maximum absolute atomic E-state index is 14.0. The summed E-state index contributed by atoms with van der Waals surface area (Å²) >= 11 is 0. The van der Waals surface area contributed by atoms with E-state index in [0.29, 0.717) is 59.2 Å². The highest BCUT2D eigenvalue weighted by molar-refractivity contribution is 5.96. The number of ether oxygens (including phenoxy) is 1. The van der Waals surface area contributed by atoms with Crippen molar-refractivity contribution in [3.05, 3.63) is 189 Å². The van der Waals surface area contributed by atoms with E-state index in [1.807, 2.05) is 60.7 Å². The molecule has 1 amide bonds. The number of phenols is 1. The van der Waals surface area contributed by atoms with Crippen molar-refractivity contribution >= 4 is 28.4 Å². The Labute approximate surface area is 360 Å². The zero-order chi connectivity index (χ0) is 43.1. The van der Waals surface area contributed by atoms with Crippen LogP contribution in [0.3, 0.4) is 0 Å². The molecule has 62 heavy (non-hydrogen) atoms. The summed E-state index contributed by atoms with van der Waals surface area (Å²) in [6.45, 7) is 4.63. The summed E-state index contributed by atoms with van der Waals surface area (Å²) in [5.41, 5.74) is 3.98. The summed E-state index contributed by atoms with van der Waals surface area (Å²) < 4.78 is 5.95. The second-order valence-corrected chi connectivity index (χ2v) is 16.3. The quantitative estimate of drug-likeness (QED) is 0.0590. The van der Waals surface area contributed by atoms with E-state index in [9.17, 15) is 29.7 Å². The van der Waals surface area contributed by atoms with Crippen molar-refractivity contribution in [2.45, 2.75) is 37.5 Å². The van der Waals surface area contributed by atoms with Crippen molar-refractivity contribution < 1.29 is 29.6 Å². The van der Waals surface area contributed by atoms with Gasteiger partial charge in [-0.15, -0.1) is 0 Å². The number of aliphatic hydroxyl groups excluding tert-OH is 1. The van der Waals surface area contributed by atoms with Crippen LogP contribution in [0.2, 0.25) is 0 Å². The average molecular weight is 833 g/mol. The minimum absolute atomic E-state index is 0.0551. The number of nitrogens with zero attached hydrogens (tertiary/aromatic N) is 2. The number of aromatic amines is 1. The zero-order valence-electron chi connectivity index (χ0n) is 34.6. The summed E-state index contributed by atoms with van der Waals surface area (Å²) in [5.74, 6) is -0.652. The molecule has 1 fully saturated rings. The van der Waals surface area contributed by atoms with E-state index in [4.69, 9.17) is 4.74 Å². The van der Waals surface area contributed by atoms with E-state index in [1.54, 1.807) is 47.4 Å². The van der Waals surface area contributed by atoms with E-state index in [0.717, 1.165) is 49.2 Å². The van der Waals surface area contributed by atoms with E-state index in [1.165, 1.54) is 17.7 Å². The highest BCUT2D eigenvalue weighted by Gasteiger charge is 2.42. The number of aromatic nitrogens is 1. The predicted octanol–water partition coefficient (Wildman–Crippen LogP) is 6.33. The number of hydrogen-bond donors (Lipinski definition) is 5. The number of phenolic OH excluding ortho intramolecular Hbond substituents is 1. The van der Waals surface area contributed by atoms with Gasteiger partial charge in [0.05, 0.1) is 18.2 Å². The van der Waals surface area contributed by atoms with E-state index in [-0.39, 0.29) is 36.3 Å². The third-order valence-electron chi connectivity index (χ3n) is 12.1. The maximum atomic E-state index is 14.0. The molecule has 2 aliphatic heterocycles. The molecule has 5 N–H and O–H groups in total. The standard InChI is InChI=1S/C51H52N4O7/c56-45-20-18-43(44-19-21-47(58)53-48(44)45)46(57)31-52-26-22-35-14-16-38(17-15-35)49(59)55-29-25-40(33-55)39-10-7-13-42(30-39)51(61,41-11-5-2-6-12-41)50(60)62-34-37-23-27-54(28-24-37)32-36-8-3-1-4-9-36/h1-21,25,30,37,46,52,56-57,61H,22-24,26-29,31-34H2,(H,53,58)/t46-,51-/m0/s1. The molecule has 0 saturated carbocycles. The van der Waals surface area contributed by atoms with Crippen LogP contribution in [0.15, 0.2) is 144 Å². The van der Waals surface area contributed by atoms with Gasteiger partial charge in [-0.2, -0.15) is 0 Å². The van der Waals surface area contributed by atoms with Gasteiger partial charge in [-0.25, -0.2) is 4.79 Å². The van der Waals surface area contributed by atoms with Gasteiger partial charge in [-0.05, 0) is 109 Å². The fourth-order valence-electron chi connectivity index (χ4n) is 8.52. The molecule has 318 valence electrons. The molecule has 2 aliphatic rings. The van der Waals surface area contributed by atoms with E-state index < -0.39 is 17.7 Å². The molecule has 8 rings (SSSR count). The lowest BCUT2D eigenvalue weighted by Crippen LogP contribution is -2.40. The van der Waals surface area contributed by atoms with Gasteiger partial charge in [0.15, 0.2) is 0 Å². The molecule has 5 aromatic carbocycles. The molecule has 2 atom stereocenters. The van der Waals surface area contributed by atoms with Gasteiger partial charge in [-0.3, -0.25) is 14.5 Å². The number of amides is 1. The third-order valence-corrected chi connectivity index (χ3v) is 12.1. The molecule has 0 spiro atoms. The summed E-state index contributed by atoms with van der Waals surface area (Å²) in [5, 5.41) is 37.2. The molecule has 0 radical (unpaired) electrons. The van der Waals surface area contributed by atoms with Crippen LogP contribution in [-0.4, -0.2) is 87.9 Å². The highest BCUT2D eigenvalue weighted by atomic mass is 16.5. The Hall–Kier alpha value is -6.37. The monoisotopic (exact) mass is 832 g/mol. The number of esters is 1. The smallest absolute Gasteiger partial charge is 0.347 e. The summed E-state index contributed by atoms with van der Waals surface area (Å²) in [6.07, 6.45) is 3.64. The predicted molar refractivity (Wildman–Crippen MR) is 239 cm³/mol. The van der Waals surface area contributed by atoms with Gasteiger partial charge in [0.2, 0.25) is 11.2 Å². The average Bonchev–Trinajstić information content (AvgIpc) is 3.81. The second kappa shape index (κ2) is 19.1. The Balaban J connectivity index is 0.848. The molecule has 11 heteroatoms. The van der Waals surface area contributed by atoms with Crippen molar-refractivity contribution in [3.8, 4) is 5.75 Å². The number of piperidine rings is 1. The van der Waals surface area contributed by atoms with E-state index in [2.05, 4.69) is 39.5 Å². The Morgan fingerprint density at radius 3 is 2.32 bits per heavy atom. The zero-order valence-corrected chi connectivity index (χ0v) is 34.6. The molecule has 0 unspecified atom stereocenters. The fraction of sp³-hybridized carbons (Fsp3) is 0.275. The summed E-state index contributed by atoms with van der Waals surface area (Å²) in [4.78, 5) is 46.2. The lowest BCUT2D eigenvalue weighted by atomic mass is 9.85. The normalized spacial score (nSPS) is 16.2. The number of pyridine rings is 1. The minimum atomic E-state index is -2.03. The van der Waals surface area contributed by atoms with Gasteiger partial charge in [0.1, 0.15) is 5.75 Å². The van der Waals surface area contributed by atoms with Gasteiger partial charge in [-0.1, -0.05) is 103 Å². The van der Waals surface area contributed by atoms with Crippen molar-refractivity contribution in [2.75, 3.05) is 45.9 Å². The molecule has 3 heterocycles. The van der Waals surface area contributed by atoms with Crippen molar-refractivity contribution in [2.24, 2.45) is 5.92 Å². The number of aliphatic hydroxyl groups is 2. The van der Waals surface area contributed by atoms with Crippen molar-refractivity contribution in [3.63, 3.8) is 0 Å². The number of carbonyl (C=O) groups is 2. The molecule has 11 nitrogen and oxygen atoms in total. The molecular formula is C51H52N4O7. The Bertz CT molecular complexity index is 2590. The number of carbonyl (C=O) groups excluding carboxylic acids is 2. The van der Waals surface area contributed by atoms with Crippen LogP contribution in [0.25, 0.3) is 16.5 Å². The van der Waals surface area contributed by atoms with Crippen LogP contribution >= 0.6 is 0 Å². The Kier molecular flexibility index (Phi) is 13.1. The minimum Gasteiger partial charge on any atom is -0.506 e. The van der Waals surface area contributed by atoms with Crippen LogP contribution in [0.5, 0.6) is 5.75 Å². The largest absolute Gasteiger partial charge is 0.506 e. The first-order valence-electron chi connectivity index (χ1n) is 21.3. The van der Waals surface area contributed by atoms with E-state index >= 15 is 0 Å². The number of H-pyrrole nitrogens is 1. The second-order valence-electron chi connectivity index (χ2n) is 16.3. The topological polar surface area (TPSA) is 155 Å². The number of benzene rings is 5. The third kappa shape index (κ3) is 9.56. The lowest BCUT2D eigenvalue weighted by molar-refractivity contribution is -0.164. The van der Waals surface area contributed by atoms with Gasteiger partial charge < -0.3 is 35.3 Å². The fourth-order valence-corrected chi connectivity index (χ4v) is 8.52. The van der Waals surface area contributed by atoms with Crippen LogP contribution in [0.1, 0.15) is 62.7 Å². The Morgan fingerprint density at radius 1 is 0.839 bits per heavy atom. The molecule has 1 aromatic heterocycles. The van der Waals surface area contributed by atoms with Gasteiger partial charge in [0.25, 0.3) is 5.91 Å². The Morgan fingerprint density at radius 2 is 1.56 bits per heavy atom. The van der Waals surface area contributed by atoms with Crippen molar-refractivity contribution in [1.29, 1.82) is 0 Å². The molecule has 0 bridgehead atoms. The van der Waals surface area contributed by atoms with Crippen LogP contribution < -0.4 is 10.9 Å². The lowest BCUT2D eigenvalue weighted by Gasteiger charge is -2.33. The van der Waals surface area contributed by atoms with Crippen LogP contribution in [0.4, 0.5) is 0 Å². The number of hydrogen-bond acceptors (Lipinski definition) is 9. The maximum Gasteiger partial charge on any atom is 0.347 e. The van der Waals surface area contributed by atoms with Crippen LogP contribution in [-0.2, 0) is 28.1 Å². The molecule has 6 aromatic rings. The summed E-state index contributed by atoms with van der Waals surface area (Å²) in [6, 6.07) is 40.3. The number of fused-ring (bicyclic) bond motifs is 1. The number of nitrogens with one attached hydrogen (secondary N) is 2. The summed E-state index contributed by atoms with van der Waals surface area (Å²) in [7, 11) is 0. The first-order chi connectivity index (χ1) is 30.2. The molecular weight excluding hydrogens is 781 g/mol. The SMILES string of the molecule is O=C(c1ccc(CCNC[C@H](O)c2ccc(O)c3[nH]c(=O)ccc23)cc1)N1CC=C(c2cccc([C@](O)(C(=O)OCC3CCN(Cc4ccccc4)CC3)c3ccccc3)c2)C1. The van der Waals surface area contributed by atoms with Crippen molar-refractivity contribution in [1.82, 2.24) is 20.1 Å². The number of rotatable bonds is 15. The molecule has 0 aliphatic carbocycles. The highest BCUT2D eigenvalue weighted by Crippen LogP contribution is 2.35. The first kappa shape index (κ1) is 42.3.